The lowest BCUT2D eigenvalue weighted by atomic mass is 9.84. The third kappa shape index (κ3) is 11.4. The monoisotopic (exact) mass is 903 g/mol. The number of hydrogen-bond acceptors (Lipinski definition) is 13. The van der Waals surface area contributed by atoms with E-state index in [1.807, 2.05) is 37.3 Å². The van der Waals surface area contributed by atoms with Gasteiger partial charge >= 0.3 is 20.1 Å². The molecule has 63 heavy (non-hydrogen) atoms. The second-order valence-corrected chi connectivity index (χ2v) is 17.5. The Balaban J connectivity index is 1.19. The minimum atomic E-state index is -4.92. The molecular formula is C41H48F2N5O14P. The maximum atomic E-state index is 14.5. The van der Waals surface area contributed by atoms with Crippen LogP contribution in [0.15, 0.2) is 64.7 Å². The topological polar surface area (TPSA) is 234 Å². The molecule has 2 bridgehead atoms. The molecule has 3 atom stereocenters. The lowest BCUT2D eigenvalue weighted by molar-refractivity contribution is -0.0658. The van der Waals surface area contributed by atoms with Gasteiger partial charge in [0.05, 0.1) is 11.8 Å². The van der Waals surface area contributed by atoms with Crippen LogP contribution in [0.1, 0.15) is 85.0 Å². The van der Waals surface area contributed by atoms with Crippen LogP contribution in [0.5, 0.6) is 5.75 Å². The predicted molar refractivity (Wildman–Crippen MR) is 216 cm³/mol. The van der Waals surface area contributed by atoms with Crippen molar-refractivity contribution in [2.24, 2.45) is 10.6 Å². The normalized spacial score (nSPS) is 19.3. The van der Waals surface area contributed by atoms with Crippen molar-refractivity contribution in [2.45, 2.75) is 77.6 Å². The van der Waals surface area contributed by atoms with Gasteiger partial charge in [0.15, 0.2) is 11.3 Å². The lowest BCUT2D eigenvalue weighted by Gasteiger charge is -2.42. The molecule has 2 aromatic carbocycles. The summed E-state index contributed by atoms with van der Waals surface area (Å²) in [7, 11) is -4.92. The number of phosphoric acid groups is 1. The molecule has 1 fully saturated rings. The number of nitrogens with zero attached hydrogens (tertiary/aromatic N) is 4. The Morgan fingerprint density at radius 3 is 2.51 bits per heavy atom. The Labute approximate surface area is 360 Å². The zero-order valence-corrected chi connectivity index (χ0v) is 35.8. The number of carbonyl (C=O) groups excluding carboxylic acids is 4. The van der Waals surface area contributed by atoms with Crippen LogP contribution >= 0.6 is 7.82 Å². The van der Waals surface area contributed by atoms with Gasteiger partial charge in [0.1, 0.15) is 23.8 Å². The van der Waals surface area contributed by atoms with E-state index in [0.29, 0.717) is 37.5 Å². The summed E-state index contributed by atoms with van der Waals surface area (Å²) in [4.78, 5) is 94.8. The number of nitrogens with one attached hydrogen (secondary N) is 1. The Hall–Kier alpha value is -5.89. The molecule has 3 aliphatic rings. The molecule has 1 aromatic heterocycles. The lowest BCUT2D eigenvalue weighted by Crippen LogP contribution is -2.52. The van der Waals surface area contributed by atoms with Gasteiger partial charge in [0.2, 0.25) is 24.8 Å². The third-order valence-corrected chi connectivity index (χ3v) is 11.3. The number of oxime groups is 1. The van der Waals surface area contributed by atoms with Crippen molar-refractivity contribution < 1.29 is 70.6 Å². The first-order chi connectivity index (χ1) is 29.8. The smallest absolute Gasteiger partial charge is 0.451 e. The van der Waals surface area contributed by atoms with Crippen LogP contribution in [0.25, 0.3) is 0 Å². The largest absolute Gasteiger partial charge is 0.511 e. The minimum Gasteiger partial charge on any atom is -0.451 e. The van der Waals surface area contributed by atoms with Crippen molar-refractivity contribution in [1.82, 2.24) is 19.7 Å². The summed E-state index contributed by atoms with van der Waals surface area (Å²) >= 11 is 0. The summed E-state index contributed by atoms with van der Waals surface area (Å²) in [5.74, 6) is -3.91. The average molecular weight is 904 g/mol. The van der Waals surface area contributed by atoms with Crippen LogP contribution in [0.2, 0.25) is 0 Å². The summed E-state index contributed by atoms with van der Waals surface area (Å²) in [6.07, 6.45) is 0.774. The minimum absolute atomic E-state index is 0.0588. The molecule has 0 saturated carbocycles. The van der Waals surface area contributed by atoms with Gasteiger partial charge in [-0.15, -0.1) is 0 Å². The molecule has 22 heteroatoms. The fourth-order valence-corrected chi connectivity index (χ4v) is 7.91. The molecule has 3 aliphatic heterocycles. The van der Waals surface area contributed by atoms with E-state index in [4.69, 9.17) is 33.6 Å². The van der Waals surface area contributed by atoms with Crippen LogP contribution in [0, 0.1) is 17.0 Å². The molecule has 1 saturated heterocycles. The van der Waals surface area contributed by atoms with Crippen molar-refractivity contribution in [2.75, 3.05) is 39.8 Å². The SMILES string of the molecule is CC1=NO[C@@]2(CC[C@H](C)N3C[C@H]2n2cc(C(=O)NCc4ccc(F)cc4F)c(=O)c(OCOC(=O)OCC(C)(C)CN(CCc4ccccc4)C(=O)OCOP(=O)(O)O)c2C3=O)C1. The van der Waals surface area contributed by atoms with E-state index in [9.17, 15) is 37.3 Å². The van der Waals surface area contributed by atoms with Crippen molar-refractivity contribution in [3.63, 3.8) is 0 Å². The molecule has 0 aliphatic carbocycles. The number of pyridine rings is 1. The molecule has 3 N–H and O–H groups in total. The van der Waals surface area contributed by atoms with Crippen molar-refractivity contribution in [3.05, 3.63) is 99.0 Å². The summed E-state index contributed by atoms with van der Waals surface area (Å²) in [5.41, 5.74) is -2.17. The molecule has 6 rings (SSSR count). The number of amides is 3. The van der Waals surface area contributed by atoms with Gasteiger partial charge in [-0.2, -0.15) is 0 Å². The number of rotatable bonds is 16. The first-order valence-corrected chi connectivity index (χ1v) is 21.4. The van der Waals surface area contributed by atoms with E-state index in [2.05, 4.69) is 15.0 Å². The summed E-state index contributed by atoms with van der Waals surface area (Å²) in [5, 5.41) is 6.67. The number of carbonyl (C=O) groups is 4. The number of fused-ring (bicyclic) bond motifs is 5. The highest BCUT2D eigenvalue weighted by Crippen LogP contribution is 2.46. The fourth-order valence-electron chi connectivity index (χ4n) is 7.72. The van der Waals surface area contributed by atoms with Gasteiger partial charge in [-0.1, -0.05) is 55.4 Å². The first-order valence-electron chi connectivity index (χ1n) is 19.9. The zero-order valence-electron chi connectivity index (χ0n) is 34.9. The maximum absolute atomic E-state index is 14.5. The van der Waals surface area contributed by atoms with Gasteiger partial charge in [-0.05, 0) is 44.7 Å². The molecule has 4 heterocycles. The highest BCUT2D eigenvalue weighted by Gasteiger charge is 2.54. The summed E-state index contributed by atoms with van der Waals surface area (Å²) < 4.78 is 66.0. The van der Waals surface area contributed by atoms with E-state index < -0.39 is 97.5 Å². The number of phosphoric ester groups is 1. The second-order valence-electron chi connectivity index (χ2n) is 16.3. The Bertz CT molecular complexity index is 2360. The van der Waals surface area contributed by atoms with Crippen LogP contribution < -0.4 is 15.5 Å². The number of aromatic nitrogens is 1. The number of hydrogen-bond donors (Lipinski definition) is 3. The maximum Gasteiger partial charge on any atom is 0.511 e. The summed E-state index contributed by atoms with van der Waals surface area (Å²) in [6, 6.07) is 11.0. The molecule has 3 aromatic rings. The quantitative estimate of drug-likeness (QED) is 0.0972. The zero-order chi connectivity index (χ0) is 45.7. The van der Waals surface area contributed by atoms with E-state index in [0.717, 1.165) is 17.7 Å². The Morgan fingerprint density at radius 2 is 1.83 bits per heavy atom. The average Bonchev–Trinajstić information content (AvgIpc) is 3.56. The van der Waals surface area contributed by atoms with Crippen molar-refractivity contribution >= 4 is 37.6 Å². The predicted octanol–water partition coefficient (Wildman–Crippen LogP) is 5.03. The fraction of sp³-hybridized carbons (Fsp3) is 0.463. The van der Waals surface area contributed by atoms with Gasteiger partial charge in [0.25, 0.3) is 11.8 Å². The van der Waals surface area contributed by atoms with Crippen LogP contribution in [-0.2, 0) is 41.1 Å². The Kier molecular flexibility index (Phi) is 14.2. The summed E-state index contributed by atoms with van der Waals surface area (Å²) in [6.45, 7) is 4.42. The standard InChI is InChI=1S/C41H48F2N5O14P/c1-25-17-41(62-45-25)14-12-26(2)47-20-32(41)48-19-30(36(50)44-18-28-10-11-29(42)16-31(28)43)34(49)35(33(48)37(47)51)58-23-60-39(53)57-22-40(3,4)21-46(15-13-27-8-6-5-7-9-27)38(52)59-24-61-63(54,55)56/h5-11,16,19,26,32H,12-15,17-18,20-24H2,1-4H3,(H,44,50)(H2,54,55,56)/t26-,32+,41-/m0/s1. The first kappa shape index (κ1) is 46.6. The van der Waals surface area contributed by atoms with Crippen LogP contribution in [0.3, 0.4) is 0 Å². The van der Waals surface area contributed by atoms with Crippen molar-refractivity contribution in [1.29, 1.82) is 0 Å². The van der Waals surface area contributed by atoms with Gasteiger partial charge < -0.3 is 53.3 Å². The molecule has 0 unspecified atom stereocenters. The molecule has 3 amide bonds. The van der Waals surface area contributed by atoms with Crippen LogP contribution in [-0.4, -0.2) is 105 Å². The molecule has 1 spiro atoms. The highest BCUT2D eigenvalue weighted by atomic mass is 31.2. The van der Waals surface area contributed by atoms with E-state index in [1.165, 1.54) is 15.7 Å². The second kappa shape index (κ2) is 19.2. The van der Waals surface area contributed by atoms with E-state index in [1.54, 1.807) is 25.7 Å². The van der Waals surface area contributed by atoms with E-state index in [-0.39, 0.29) is 43.5 Å². The van der Waals surface area contributed by atoms with Crippen molar-refractivity contribution in [3.8, 4) is 5.75 Å². The van der Waals surface area contributed by atoms with Gasteiger partial charge in [-0.25, -0.2) is 27.5 Å². The highest BCUT2D eigenvalue weighted by molar-refractivity contribution is 7.46. The van der Waals surface area contributed by atoms with E-state index >= 15 is 0 Å². The molecule has 0 radical (unpaired) electrons. The number of ether oxygens (including phenoxy) is 4. The molecule has 19 nitrogen and oxygen atoms in total. The Morgan fingerprint density at radius 1 is 1.08 bits per heavy atom. The van der Waals surface area contributed by atoms with Gasteiger partial charge in [0, 0.05) is 61.9 Å². The molecular weight excluding hydrogens is 855 g/mol. The molecule has 340 valence electrons. The van der Waals surface area contributed by atoms with Crippen LogP contribution in [0.4, 0.5) is 18.4 Å². The number of halogens is 2. The number of benzene rings is 2. The third-order valence-electron chi connectivity index (χ3n) is 10.9. The van der Waals surface area contributed by atoms with Gasteiger partial charge in [-0.3, -0.25) is 14.4 Å².